The number of nitrogens with zero attached hydrogens (tertiary/aromatic N) is 2. The molecule has 0 saturated heterocycles. The van der Waals surface area contributed by atoms with Crippen molar-refractivity contribution in [3.63, 3.8) is 0 Å². The fourth-order valence-corrected chi connectivity index (χ4v) is 3.34. The smallest absolute Gasteiger partial charge is 0.261 e. The number of fused-ring (bicyclic) bond motifs is 2. The molecule has 5 heteroatoms. The van der Waals surface area contributed by atoms with Gasteiger partial charge in [-0.25, -0.2) is 4.98 Å². The Bertz CT molecular complexity index is 1100. The minimum absolute atomic E-state index is 0.0202. The summed E-state index contributed by atoms with van der Waals surface area (Å²) in [5.41, 5.74) is 2.65. The van der Waals surface area contributed by atoms with Crippen molar-refractivity contribution in [3.05, 3.63) is 81.9 Å². The Hall–Kier alpha value is -2.85. The van der Waals surface area contributed by atoms with E-state index in [2.05, 4.69) is 12.7 Å². The normalized spacial score (nSPS) is 14.6. The van der Waals surface area contributed by atoms with E-state index in [4.69, 9.17) is 21.3 Å². The summed E-state index contributed by atoms with van der Waals surface area (Å²) in [6.07, 6.45) is 4.54. The van der Waals surface area contributed by atoms with E-state index in [1.54, 1.807) is 28.8 Å². The fraction of sp³-hybridized carbons (Fsp3) is 0.143. The van der Waals surface area contributed by atoms with Crippen LogP contribution < -0.4 is 10.3 Å². The Morgan fingerprint density at radius 1 is 1.27 bits per heavy atom. The predicted octanol–water partition coefficient (Wildman–Crippen LogP) is 4.56. The number of aromatic nitrogens is 2. The summed E-state index contributed by atoms with van der Waals surface area (Å²) in [7, 11) is 0. The van der Waals surface area contributed by atoms with Crippen molar-refractivity contribution in [1.29, 1.82) is 0 Å². The van der Waals surface area contributed by atoms with Crippen molar-refractivity contribution in [1.82, 2.24) is 9.55 Å². The minimum atomic E-state index is -0.0202. The Labute approximate surface area is 156 Å². The highest BCUT2D eigenvalue weighted by molar-refractivity contribution is 6.31. The molecule has 4 nitrogen and oxygen atoms in total. The number of allylic oxidation sites excluding steroid dienone is 1. The molecule has 2 aromatic carbocycles. The van der Waals surface area contributed by atoms with E-state index in [1.807, 2.05) is 24.3 Å². The van der Waals surface area contributed by atoms with Crippen LogP contribution in [-0.2, 0) is 6.54 Å². The Balaban J connectivity index is 1.78. The van der Waals surface area contributed by atoms with Gasteiger partial charge >= 0.3 is 0 Å². The molecule has 0 amide bonds. The molecule has 0 unspecified atom stereocenters. The first-order valence-corrected chi connectivity index (χ1v) is 8.78. The zero-order chi connectivity index (χ0) is 18.1. The third-order valence-corrected chi connectivity index (χ3v) is 4.61. The molecule has 0 radical (unpaired) electrons. The Morgan fingerprint density at radius 3 is 3.00 bits per heavy atom. The second-order valence-electron chi connectivity index (χ2n) is 6.15. The first-order valence-electron chi connectivity index (χ1n) is 8.40. The molecule has 0 aliphatic carbocycles. The average Bonchev–Trinajstić information content (AvgIpc) is 3.03. The van der Waals surface area contributed by atoms with Crippen LogP contribution in [0.3, 0.4) is 0 Å². The molecule has 0 fully saturated rings. The van der Waals surface area contributed by atoms with E-state index < -0.39 is 0 Å². The van der Waals surface area contributed by atoms with Gasteiger partial charge in [0.15, 0.2) is 0 Å². The largest absolute Gasteiger partial charge is 0.490 e. The monoisotopic (exact) mass is 364 g/mol. The number of halogens is 1. The lowest BCUT2D eigenvalue weighted by molar-refractivity contribution is 0.363. The van der Waals surface area contributed by atoms with E-state index in [1.165, 1.54) is 0 Å². The number of rotatable bonds is 4. The number of hydrogen-bond donors (Lipinski definition) is 0. The average molecular weight is 365 g/mol. The van der Waals surface area contributed by atoms with E-state index in [9.17, 15) is 4.79 Å². The lowest BCUT2D eigenvalue weighted by Crippen LogP contribution is -2.20. The Morgan fingerprint density at radius 2 is 2.15 bits per heavy atom. The molecule has 0 saturated carbocycles. The third kappa shape index (κ3) is 3.04. The van der Waals surface area contributed by atoms with Gasteiger partial charge in [0.25, 0.3) is 5.56 Å². The first-order chi connectivity index (χ1) is 12.7. The molecule has 0 N–H and O–H groups in total. The highest BCUT2D eigenvalue weighted by Gasteiger charge is 2.20. The van der Waals surface area contributed by atoms with Gasteiger partial charge in [0.2, 0.25) is 0 Å². The number of benzene rings is 2. The van der Waals surface area contributed by atoms with Gasteiger partial charge in [-0.2, -0.15) is 0 Å². The zero-order valence-corrected chi connectivity index (χ0v) is 14.9. The van der Waals surface area contributed by atoms with Crippen molar-refractivity contribution < 1.29 is 4.74 Å². The van der Waals surface area contributed by atoms with Crippen LogP contribution in [-0.4, -0.2) is 16.2 Å². The Kier molecular flexibility index (Phi) is 4.35. The van der Waals surface area contributed by atoms with Crippen LogP contribution in [0.4, 0.5) is 0 Å². The lowest BCUT2D eigenvalue weighted by Gasteiger charge is -2.07. The van der Waals surface area contributed by atoms with Crippen molar-refractivity contribution >= 4 is 34.2 Å². The van der Waals surface area contributed by atoms with Gasteiger partial charge in [0.05, 0.1) is 10.9 Å². The number of hydrogen-bond acceptors (Lipinski definition) is 3. The predicted molar refractivity (Wildman–Crippen MR) is 106 cm³/mol. The van der Waals surface area contributed by atoms with Gasteiger partial charge in [-0.05, 0) is 54.0 Å². The summed E-state index contributed by atoms with van der Waals surface area (Å²) < 4.78 is 7.32. The van der Waals surface area contributed by atoms with Crippen LogP contribution in [0.25, 0.3) is 22.6 Å². The molecule has 0 atom stereocenters. The zero-order valence-electron chi connectivity index (χ0n) is 14.1. The summed E-state index contributed by atoms with van der Waals surface area (Å²) in [6.45, 7) is 4.76. The SMILES string of the molecule is C=CCOc1cccc(/C=C2\CCn3c2nc2cc(Cl)ccc2c3=O)c1. The highest BCUT2D eigenvalue weighted by atomic mass is 35.5. The topological polar surface area (TPSA) is 44.1 Å². The number of ether oxygens (including phenoxy) is 1. The van der Waals surface area contributed by atoms with Gasteiger partial charge in [0.1, 0.15) is 18.2 Å². The molecular weight excluding hydrogens is 348 g/mol. The van der Waals surface area contributed by atoms with Crippen molar-refractivity contribution in [2.75, 3.05) is 6.61 Å². The maximum atomic E-state index is 12.7. The van der Waals surface area contributed by atoms with Crippen LogP contribution in [0.1, 0.15) is 17.8 Å². The molecule has 2 heterocycles. The lowest BCUT2D eigenvalue weighted by atomic mass is 10.1. The van der Waals surface area contributed by atoms with Crippen molar-refractivity contribution in [2.24, 2.45) is 0 Å². The van der Waals surface area contributed by atoms with Gasteiger partial charge < -0.3 is 4.74 Å². The molecule has 3 aromatic rings. The standard InChI is InChI=1S/C21H17ClN2O2/c1-2-10-26-17-5-3-4-14(12-17)11-15-8-9-24-20(15)23-19-13-16(22)6-7-18(19)21(24)25/h2-7,11-13H,1,8-10H2/b15-11+. The van der Waals surface area contributed by atoms with Gasteiger partial charge in [-0.3, -0.25) is 9.36 Å². The second kappa shape index (κ2) is 6.81. The molecule has 1 aromatic heterocycles. The van der Waals surface area contributed by atoms with Crippen molar-refractivity contribution in [3.8, 4) is 5.75 Å². The molecule has 1 aliphatic rings. The molecular formula is C21H17ClN2O2. The van der Waals surface area contributed by atoms with Crippen LogP contribution >= 0.6 is 11.6 Å². The van der Waals surface area contributed by atoms with E-state index in [0.717, 1.165) is 23.3 Å². The van der Waals surface area contributed by atoms with Crippen LogP contribution in [0.15, 0.2) is 59.9 Å². The maximum Gasteiger partial charge on any atom is 0.261 e. The summed E-state index contributed by atoms with van der Waals surface area (Å²) in [5, 5.41) is 1.17. The minimum Gasteiger partial charge on any atom is -0.490 e. The summed E-state index contributed by atoms with van der Waals surface area (Å²) >= 11 is 6.06. The fourth-order valence-electron chi connectivity index (χ4n) is 3.18. The quantitative estimate of drug-likeness (QED) is 0.637. The van der Waals surface area contributed by atoms with E-state index in [0.29, 0.717) is 34.9 Å². The summed E-state index contributed by atoms with van der Waals surface area (Å²) in [6, 6.07) is 13.0. The molecule has 4 rings (SSSR count). The van der Waals surface area contributed by atoms with E-state index >= 15 is 0 Å². The third-order valence-electron chi connectivity index (χ3n) is 4.38. The molecule has 1 aliphatic heterocycles. The van der Waals surface area contributed by atoms with Gasteiger partial charge in [-0.1, -0.05) is 36.4 Å². The highest BCUT2D eigenvalue weighted by Crippen LogP contribution is 2.28. The second-order valence-corrected chi connectivity index (χ2v) is 6.58. The van der Waals surface area contributed by atoms with Gasteiger partial charge in [0, 0.05) is 11.6 Å². The summed E-state index contributed by atoms with van der Waals surface area (Å²) in [5.74, 6) is 1.50. The van der Waals surface area contributed by atoms with Crippen LogP contribution in [0.5, 0.6) is 5.75 Å². The summed E-state index contributed by atoms with van der Waals surface area (Å²) in [4.78, 5) is 17.4. The maximum absolute atomic E-state index is 12.7. The molecule has 130 valence electrons. The van der Waals surface area contributed by atoms with Crippen molar-refractivity contribution in [2.45, 2.75) is 13.0 Å². The first kappa shape index (κ1) is 16.6. The van der Waals surface area contributed by atoms with Crippen LogP contribution in [0.2, 0.25) is 5.02 Å². The molecule has 26 heavy (non-hydrogen) atoms. The van der Waals surface area contributed by atoms with Crippen LogP contribution in [0, 0.1) is 0 Å². The molecule has 0 spiro atoms. The van der Waals surface area contributed by atoms with E-state index in [-0.39, 0.29) is 5.56 Å². The molecule has 0 bridgehead atoms. The van der Waals surface area contributed by atoms with Gasteiger partial charge in [-0.15, -0.1) is 0 Å².